The highest BCUT2D eigenvalue weighted by molar-refractivity contribution is 8.25. The summed E-state index contributed by atoms with van der Waals surface area (Å²) in [5.41, 5.74) is 5.92. The van der Waals surface area contributed by atoms with Crippen LogP contribution in [0.15, 0.2) is 18.2 Å². The van der Waals surface area contributed by atoms with E-state index in [0.717, 1.165) is 12.8 Å². The highest BCUT2D eigenvalue weighted by atomic mass is 32.3. The zero-order chi connectivity index (χ0) is 11.8. The molecule has 0 atom stereocenters. The lowest BCUT2D eigenvalue weighted by molar-refractivity contribution is 0.467. The molecule has 1 aliphatic heterocycles. The number of anilines is 2. The molecule has 1 aromatic rings. The second-order valence-corrected chi connectivity index (χ2v) is 5.96. The summed E-state index contributed by atoms with van der Waals surface area (Å²) in [6, 6.07) is 4.29. The van der Waals surface area contributed by atoms with Gasteiger partial charge in [0.15, 0.2) is 0 Å². The number of hydrogen-bond acceptors (Lipinski definition) is 4. The van der Waals surface area contributed by atoms with Gasteiger partial charge in [0.05, 0.1) is 17.1 Å². The fraction of sp³-hybridized carbons (Fsp3) is 0.400. The summed E-state index contributed by atoms with van der Waals surface area (Å²) >= 11 is 0. The van der Waals surface area contributed by atoms with Crippen LogP contribution in [0.25, 0.3) is 0 Å². The predicted molar refractivity (Wildman–Crippen MR) is 65.1 cm³/mol. The zero-order valence-electron chi connectivity index (χ0n) is 8.77. The Balaban J connectivity index is 2.31. The summed E-state index contributed by atoms with van der Waals surface area (Å²) in [6.45, 7) is 0.533. The van der Waals surface area contributed by atoms with Crippen LogP contribution in [-0.4, -0.2) is 21.4 Å². The Hall–Kier alpha value is -0.980. The van der Waals surface area contributed by atoms with Crippen molar-refractivity contribution in [3.8, 4) is 0 Å². The molecule has 0 aromatic heterocycles. The van der Waals surface area contributed by atoms with Crippen molar-refractivity contribution in [1.29, 1.82) is 0 Å². The fourth-order valence-corrected chi connectivity index (χ4v) is 3.46. The largest absolute Gasteiger partial charge is 0.396 e. The second-order valence-electron chi connectivity index (χ2n) is 3.85. The summed E-state index contributed by atoms with van der Waals surface area (Å²) < 4.78 is 34.5. The molecule has 0 unspecified atom stereocenters. The van der Waals surface area contributed by atoms with E-state index in [1.807, 2.05) is 0 Å². The van der Waals surface area contributed by atoms with E-state index >= 15 is 0 Å². The Kier molecular flexibility index (Phi) is 2.96. The van der Waals surface area contributed by atoms with Gasteiger partial charge in [-0.3, -0.25) is 13.4 Å². The minimum Gasteiger partial charge on any atom is -0.396 e. The molecule has 4 N–H and O–H groups in total. The number of benzene rings is 1. The predicted octanol–water partition coefficient (Wildman–Crippen LogP) is 2.67. The maximum absolute atomic E-state index is 13.3. The summed E-state index contributed by atoms with van der Waals surface area (Å²) in [5.74, 6) is -0.183. The van der Waals surface area contributed by atoms with Crippen molar-refractivity contribution >= 4 is 22.2 Å². The van der Waals surface area contributed by atoms with E-state index in [1.54, 1.807) is 6.07 Å². The number of nitrogens with two attached hydrogens (primary N) is 1. The smallest absolute Gasteiger partial charge is 0.148 e. The molecule has 0 saturated carbocycles. The Morgan fingerprint density at radius 3 is 2.69 bits per heavy atom. The second kappa shape index (κ2) is 4.12. The molecule has 1 aliphatic rings. The quantitative estimate of drug-likeness (QED) is 0.666. The van der Waals surface area contributed by atoms with Crippen LogP contribution in [0.3, 0.4) is 0 Å². The van der Waals surface area contributed by atoms with Crippen LogP contribution in [0.4, 0.5) is 15.8 Å². The normalized spacial score (nSPS) is 21.8. The number of hydrogen-bond donors (Lipinski definition) is 3. The maximum Gasteiger partial charge on any atom is 0.148 e. The molecule has 0 spiro atoms. The van der Waals surface area contributed by atoms with Gasteiger partial charge in [0.2, 0.25) is 0 Å². The van der Waals surface area contributed by atoms with Crippen LogP contribution >= 0.6 is 10.8 Å². The SMILES string of the molecule is Nc1ccc(N2CCCCS2(O)O)cc1F. The van der Waals surface area contributed by atoms with Crippen molar-refractivity contribution in [2.75, 3.05) is 22.3 Å². The van der Waals surface area contributed by atoms with Gasteiger partial charge in [-0.05, 0) is 25.0 Å². The van der Waals surface area contributed by atoms with E-state index in [4.69, 9.17) is 5.73 Å². The lowest BCUT2D eigenvalue weighted by atomic mass is 10.2. The van der Waals surface area contributed by atoms with Crippen LogP contribution in [-0.2, 0) is 0 Å². The van der Waals surface area contributed by atoms with E-state index in [1.165, 1.54) is 16.4 Å². The Labute approximate surface area is 95.4 Å². The van der Waals surface area contributed by atoms with E-state index in [2.05, 4.69) is 0 Å². The molecule has 2 rings (SSSR count). The Morgan fingerprint density at radius 2 is 2.06 bits per heavy atom. The molecule has 0 aliphatic carbocycles. The molecular weight excluding hydrogens is 231 g/mol. The molecule has 90 valence electrons. The van der Waals surface area contributed by atoms with E-state index in [9.17, 15) is 13.5 Å². The van der Waals surface area contributed by atoms with Gasteiger partial charge in [0.25, 0.3) is 0 Å². The van der Waals surface area contributed by atoms with Gasteiger partial charge in [-0.1, -0.05) is 0 Å². The summed E-state index contributed by atoms with van der Waals surface area (Å²) in [5, 5.41) is 0. The molecule has 0 amide bonds. The van der Waals surface area contributed by atoms with Gasteiger partial charge in [0.1, 0.15) is 5.82 Å². The third-order valence-corrected chi connectivity index (χ3v) is 4.59. The highest BCUT2D eigenvalue weighted by Crippen LogP contribution is 2.49. The van der Waals surface area contributed by atoms with E-state index < -0.39 is 16.6 Å². The number of rotatable bonds is 1. The van der Waals surface area contributed by atoms with Crippen molar-refractivity contribution in [3.63, 3.8) is 0 Å². The standard InChI is InChI=1S/C10H15FN2O2S/c11-9-7-8(3-4-10(9)12)13-5-1-2-6-16(13,14)15/h3-4,7,14-15H,1-2,5-6,12H2. The maximum atomic E-state index is 13.3. The van der Waals surface area contributed by atoms with Gasteiger partial charge in [-0.2, -0.15) is 0 Å². The molecular formula is C10H15FN2O2S. The third kappa shape index (κ3) is 2.09. The molecule has 0 radical (unpaired) electrons. The molecule has 1 fully saturated rings. The summed E-state index contributed by atoms with van der Waals surface area (Å²) in [7, 11) is -2.78. The number of nitrogen functional groups attached to an aromatic ring is 1. The van der Waals surface area contributed by atoms with Crippen LogP contribution in [0, 0.1) is 5.82 Å². The first-order valence-electron chi connectivity index (χ1n) is 5.09. The van der Waals surface area contributed by atoms with Crippen molar-refractivity contribution in [2.45, 2.75) is 12.8 Å². The van der Waals surface area contributed by atoms with E-state index in [-0.39, 0.29) is 5.69 Å². The van der Waals surface area contributed by atoms with Gasteiger partial charge in [0, 0.05) is 12.6 Å². The monoisotopic (exact) mass is 246 g/mol. The molecule has 4 nitrogen and oxygen atoms in total. The minimum atomic E-state index is -2.78. The van der Waals surface area contributed by atoms with Gasteiger partial charge in [-0.15, -0.1) is 10.8 Å². The zero-order valence-corrected chi connectivity index (χ0v) is 9.58. The van der Waals surface area contributed by atoms with E-state index in [0.29, 0.717) is 18.0 Å². The van der Waals surface area contributed by atoms with Crippen LogP contribution < -0.4 is 10.0 Å². The first kappa shape index (κ1) is 11.5. The molecule has 1 heterocycles. The molecule has 0 bridgehead atoms. The lowest BCUT2D eigenvalue weighted by Gasteiger charge is -2.47. The molecule has 16 heavy (non-hydrogen) atoms. The van der Waals surface area contributed by atoms with Crippen molar-refractivity contribution in [2.24, 2.45) is 0 Å². The number of halogens is 1. The average Bonchev–Trinajstić information content (AvgIpc) is 2.22. The van der Waals surface area contributed by atoms with Crippen molar-refractivity contribution in [3.05, 3.63) is 24.0 Å². The van der Waals surface area contributed by atoms with Crippen LogP contribution in [0.1, 0.15) is 12.8 Å². The summed E-state index contributed by atoms with van der Waals surface area (Å²) in [6.07, 6.45) is 1.66. The Bertz CT molecular complexity index is 400. The third-order valence-electron chi connectivity index (χ3n) is 2.65. The Morgan fingerprint density at radius 1 is 1.31 bits per heavy atom. The molecule has 6 heteroatoms. The van der Waals surface area contributed by atoms with Crippen molar-refractivity contribution < 1.29 is 13.5 Å². The average molecular weight is 246 g/mol. The molecule has 1 saturated heterocycles. The van der Waals surface area contributed by atoms with Crippen LogP contribution in [0.2, 0.25) is 0 Å². The highest BCUT2D eigenvalue weighted by Gasteiger charge is 2.26. The van der Waals surface area contributed by atoms with Crippen molar-refractivity contribution in [1.82, 2.24) is 0 Å². The topological polar surface area (TPSA) is 69.7 Å². The summed E-state index contributed by atoms with van der Waals surface area (Å²) in [4.78, 5) is 0. The van der Waals surface area contributed by atoms with Gasteiger partial charge >= 0.3 is 0 Å². The fourth-order valence-electron chi connectivity index (χ4n) is 1.78. The lowest BCUT2D eigenvalue weighted by Crippen LogP contribution is -2.34. The first-order chi connectivity index (χ1) is 7.50. The van der Waals surface area contributed by atoms with Gasteiger partial charge < -0.3 is 5.73 Å². The first-order valence-corrected chi connectivity index (χ1v) is 6.76. The van der Waals surface area contributed by atoms with Gasteiger partial charge in [-0.25, -0.2) is 4.39 Å². The number of nitrogens with zero attached hydrogens (tertiary/aromatic N) is 1. The molecule has 1 aromatic carbocycles. The van der Waals surface area contributed by atoms with Crippen LogP contribution in [0.5, 0.6) is 0 Å². The minimum absolute atomic E-state index is 0.0669.